The van der Waals surface area contributed by atoms with Gasteiger partial charge in [0.05, 0.1) is 18.2 Å². The Hall–Kier alpha value is -2.37. The molecule has 0 saturated heterocycles. The molecule has 0 unspecified atom stereocenters. The second-order valence-electron chi connectivity index (χ2n) is 5.27. The molecule has 1 rings (SSSR count). The lowest BCUT2D eigenvalue weighted by Crippen LogP contribution is -2.41. The third kappa shape index (κ3) is 4.31. The fourth-order valence-corrected chi connectivity index (χ4v) is 1.83. The highest BCUT2D eigenvalue weighted by Crippen LogP contribution is 2.17. The van der Waals surface area contributed by atoms with Crippen LogP contribution in [0.3, 0.4) is 0 Å². The van der Waals surface area contributed by atoms with Gasteiger partial charge in [0.15, 0.2) is 5.78 Å². The normalized spacial score (nSPS) is 11.9. The molecule has 6 nitrogen and oxygen atoms in total. The number of hydrogen-bond donors (Lipinski definition) is 2. The van der Waals surface area contributed by atoms with Gasteiger partial charge in [0, 0.05) is 17.2 Å². The van der Waals surface area contributed by atoms with E-state index in [1.165, 1.54) is 18.2 Å². The monoisotopic (exact) mass is 306 g/mol. The lowest BCUT2D eigenvalue weighted by atomic mass is 9.98. The van der Waals surface area contributed by atoms with Crippen molar-refractivity contribution in [3.8, 4) is 0 Å². The Morgan fingerprint density at radius 1 is 1.18 bits per heavy atom. The standard InChI is InChI=1S/C16H22N2O4/c1-5-22-16(21)12-7-6-11(17)8-13(12)14(19)10(4)18-15(20)9(2)3/h6-10H,5,17H2,1-4H3,(H,18,20)/t10-/m0/s1. The fraction of sp³-hybridized carbons (Fsp3) is 0.438. The van der Waals surface area contributed by atoms with Crippen molar-refractivity contribution in [2.75, 3.05) is 12.3 Å². The van der Waals surface area contributed by atoms with Gasteiger partial charge in [-0.1, -0.05) is 13.8 Å². The topological polar surface area (TPSA) is 98.5 Å². The van der Waals surface area contributed by atoms with Crippen molar-refractivity contribution in [1.29, 1.82) is 0 Å². The molecule has 0 aliphatic heterocycles. The van der Waals surface area contributed by atoms with Gasteiger partial charge in [-0.15, -0.1) is 0 Å². The summed E-state index contributed by atoms with van der Waals surface area (Å²) in [5.74, 6) is -1.44. The van der Waals surface area contributed by atoms with E-state index in [1.54, 1.807) is 27.7 Å². The molecule has 0 fully saturated rings. The maximum atomic E-state index is 12.5. The molecule has 3 N–H and O–H groups in total. The van der Waals surface area contributed by atoms with Crippen LogP contribution in [0.4, 0.5) is 5.69 Å². The maximum absolute atomic E-state index is 12.5. The average Bonchev–Trinajstić information content (AvgIpc) is 2.46. The summed E-state index contributed by atoms with van der Waals surface area (Å²) in [6.45, 7) is 6.92. The summed E-state index contributed by atoms with van der Waals surface area (Å²) in [7, 11) is 0. The highest BCUT2D eigenvalue weighted by atomic mass is 16.5. The molecule has 0 heterocycles. The molecule has 0 aliphatic rings. The number of ketones is 1. The number of ether oxygens (including phenoxy) is 1. The summed E-state index contributed by atoms with van der Waals surface area (Å²) in [6, 6.07) is 3.65. The molecule has 120 valence electrons. The number of anilines is 1. The van der Waals surface area contributed by atoms with Gasteiger partial charge in [0.25, 0.3) is 0 Å². The highest BCUT2D eigenvalue weighted by molar-refractivity contribution is 6.09. The van der Waals surface area contributed by atoms with E-state index in [-0.39, 0.29) is 35.3 Å². The van der Waals surface area contributed by atoms with Crippen LogP contribution in [0, 0.1) is 5.92 Å². The molecule has 0 radical (unpaired) electrons. The molecule has 1 aromatic rings. The van der Waals surface area contributed by atoms with E-state index in [4.69, 9.17) is 10.5 Å². The van der Waals surface area contributed by atoms with Gasteiger partial charge in [-0.05, 0) is 32.0 Å². The number of nitrogens with two attached hydrogens (primary N) is 1. The summed E-state index contributed by atoms with van der Waals surface area (Å²) in [6.07, 6.45) is 0. The van der Waals surface area contributed by atoms with E-state index in [0.717, 1.165) is 0 Å². The Kier molecular flexibility index (Phi) is 6.10. The van der Waals surface area contributed by atoms with Gasteiger partial charge in [0.1, 0.15) is 0 Å². The van der Waals surface area contributed by atoms with E-state index in [9.17, 15) is 14.4 Å². The van der Waals surface area contributed by atoms with Crippen molar-refractivity contribution in [1.82, 2.24) is 5.32 Å². The zero-order valence-corrected chi connectivity index (χ0v) is 13.3. The minimum absolute atomic E-state index is 0.145. The number of carbonyl (C=O) groups is 3. The Bertz CT molecular complexity index is 582. The summed E-state index contributed by atoms with van der Waals surface area (Å²) in [5, 5.41) is 2.61. The van der Waals surface area contributed by atoms with Crippen LogP contribution >= 0.6 is 0 Å². The number of hydrogen-bond acceptors (Lipinski definition) is 5. The molecule has 1 aromatic carbocycles. The van der Waals surface area contributed by atoms with E-state index in [2.05, 4.69) is 5.32 Å². The molecule has 0 aliphatic carbocycles. The number of rotatable bonds is 6. The maximum Gasteiger partial charge on any atom is 0.338 e. The molecule has 0 aromatic heterocycles. The zero-order chi connectivity index (χ0) is 16.9. The van der Waals surface area contributed by atoms with Gasteiger partial charge in [0.2, 0.25) is 5.91 Å². The smallest absolute Gasteiger partial charge is 0.338 e. The van der Waals surface area contributed by atoms with Crippen LogP contribution in [0.2, 0.25) is 0 Å². The number of benzene rings is 1. The predicted molar refractivity (Wildman–Crippen MR) is 83.6 cm³/mol. The lowest BCUT2D eigenvalue weighted by Gasteiger charge is -2.16. The van der Waals surface area contributed by atoms with Crippen LogP contribution < -0.4 is 11.1 Å². The molecule has 6 heteroatoms. The number of carbonyl (C=O) groups excluding carboxylic acids is 3. The second-order valence-corrected chi connectivity index (χ2v) is 5.27. The highest BCUT2D eigenvalue weighted by Gasteiger charge is 2.24. The number of esters is 1. The van der Waals surface area contributed by atoms with Crippen molar-refractivity contribution in [3.05, 3.63) is 29.3 Å². The van der Waals surface area contributed by atoms with Gasteiger partial charge in [-0.2, -0.15) is 0 Å². The quantitative estimate of drug-likeness (QED) is 0.474. The lowest BCUT2D eigenvalue weighted by molar-refractivity contribution is -0.124. The van der Waals surface area contributed by atoms with Gasteiger partial charge >= 0.3 is 5.97 Å². The first-order chi connectivity index (χ1) is 10.3. The molecule has 0 bridgehead atoms. The van der Waals surface area contributed by atoms with Crippen LogP contribution in [0.15, 0.2) is 18.2 Å². The van der Waals surface area contributed by atoms with Crippen molar-refractivity contribution in [2.24, 2.45) is 5.92 Å². The third-order valence-electron chi connectivity index (χ3n) is 3.08. The first kappa shape index (κ1) is 17.7. The largest absolute Gasteiger partial charge is 0.462 e. The van der Waals surface area contributed by atoms with Crippen LogP contribution in [-0.4, -0.2) is 30.3 Å². The third-order valence-corrected chi connectivity index (χ3v) is 3.08. The van der Waals surface area contributed by atoms with E-state index in [0.29, 0.717) is 5.69 Å². The van der Waals surface area contributed by atoms with Crippen molar-refractivity contribution >= 4 is 23.3 Å². The molecule has 0 spiro atoms. The van der Waals surface area contributed by atoms with Crippen molar-refractivity contribution in [3.63, 3.8) is 0 Å². The molecule has 22 heavy (non-hydrogen) atoms. The molecular weight excluding hydrogens is 284 g/mol. The molecule has 0 saturated carbocycles. The molecule has 1 amide bonds. The predicted octanol–water partition coefficient (Wildman–Crippen LogP) is 1.79. The van der Waals surface area contributed by atoms with Crippen molar-refractivity contribution in [2.45, 2.75) is 33.7 Å². The number of amides is 1. The van der Waals surface area contributed by atoms with E-state index < -0.39 is 12.0 Å². The second kappa shape index (κ2) is 7.59. The Morgan fingerprint density at radius 3 is 2.36 bits per heavy atom. The van der Waals surface area contributed by atoms with E-state index >= 15 is 0 Å². The van der Waals surface area contributed by atoms with Crippen LogP contribution in [0.25, 0.3) is 0 Å². The summed E-state index contributed by atoms with van der Waals surface area (Å²) >= 11 is 0. The van der Waals surface area contributed by atoms with Crippen LogP contribution in [0.5, 0.6) is 0 Å². The molecule has 1 atom stereocenters. The Balaban J connectivity index is 3.08. The SMILES string of the molecule is CCOC(=O)c1ccc(N)cc1C(=O)[C@H](C)NC(=O)C(C)C. The first-order valence-corrected chi connectivity index (χ1v) is 7.19. The fourth-order valence-electron chi connectivity index (χ4n) is 1.83. The van der Waals surface area contributed by atoms with Crippen molar-refractivity contribution < 1.29 is 19.1 Å². The zero-order valence-electron chi connectivity index (χ0n) is 13.3. The Labute approximate surface area is 130 Å². The minimum Gasteiger partial charge on any atom is -0.462 e. The first-order valence-electron chi connectivity index (χ1n) is 7.19. The van der Waals surface area contributed by atoms with Gasteiger partial charge in [-0.25, -0.2) is 4.79 Å². The van der Waals surface area contributed by atoms with Crippen LogP contribution in [-0.2, 0) is 9.53 Å². The minimum atomic E-state index is -0.759. The molecular formula is C16H22N2O4. The Morgan fingerprint density at radius 2 is 1.82 bits per heavy atom. The van der Waals surface area contributed by atoms with E-state index in [1.807, 2.05) is 0 Å². The average molecular weight is 306 g/mol. The number of nitrogens with one attached hydrogen (secondary N) is 1. The van der Waals surface area contributed by atoms with Gasteiger partial charge in [-0.3, -0.25) is 9.59 Å². The number of nitrogen functional groups attached to an aromatic ring is 1. The number of Topliss-reactive ketones (excluding diaryl/α,β-unsaturated/α-hetero) is 1. The summed E-state index contributed by atoms with van der Waals surface area (Å²) in [4.78, 5) is 36.1. The van der Waals surface area contributed by atoms with Crippen LogP contribution in [0.1, 0.15) is 48.4 Å². The summed E-state index contributed by atoms with van der Waals surface area (Å²) < 4.78 is 4.94. The van der Waals surface area contributed by atoms with Gasteiger partial charge < -0.3 is 15.8 Å². The summed E-state index contributed by atoms with van der Waals surface area (Å²) in [5.41, 5.74) is 6.35.